The van der Waals surface area contributed by atoms with Crippen molar-refractivity contribution in [2.45, 2.75) is 37.6 Å². The molecule has 2 amide bonds. The Kier molecular flexibility index (Phi) is 6.88. The minimum absolute atomic E-state index is 0.00552. The van der Waals surface area contributed by atoms with Crippen molar-refractivity contribution in [2.24, 2.45) is 5.41 Å². The maximum atomic E-state index is 12.5. The zero-order valence-electron chi connectivity index (χ0n) is 16.4. The largest absolute Gasteiger partial charge is 0.481 e. The zero-order valence-corrected chi connectivity index (χ0v) is 16.4. The molecule has 6 nitrogen and oxygen atoms in total. The molecule has 0 aromatic heterocycles. The number of urea groups is 1. The number of carboxylic acid groups (broad SMARTS) is 1. The first kappa shape index (κ1) is 20.9. The normalized spacial score (nSPS) is 21.2. The van der Waals surface area contributed by atoms with E-state index in [0.717, 1.165) is 12.0 Å². The Morgan fingerprint density at radius 1 is 1.07 bits per heavy atom. The van der Waals surface area contributed by atoms with Crippen molar-refractivity contribution in [2.75, 3.05) is 13.2 Å². The molecule has 4 N–H and O–H groups in total. The summed E-state index contributed by atoms with van der Waals surface area (Å²) in [4.78, 5) is 23.4. The fraction of sp³-hybridized carbons (Fsp3) is 0.391. The van der Waals surface area contributed by atoms with E-state index in [1.165, 1.54) is 5.56 Å². The van der Waals surface area contributed by atoms with E-state index >= 15 is 0 Å². The van der Waals surface area contributed by atoms with Crippen LogP contribution >= 0.6 is 0 Å². The fourth-order valence-electron chi connectivity index (χ4n) is 3.84. The summed E-state index contributed by atoms with van der Waals surface area (Å²) in [6.07, 6.45) is 1.75. The molecule has 3 rings (SSSR count). The SMILES string of the molecule is O=C(O)CCC(Cc1ccccc1)NC(=O)NCC1(CO)CC1c1ccccc1. The Hall–Kier alpha value is -2.86. The highest BCUT2D eigenvalue weighted by Gasteiger charge is 2.54. The highest BCUT2D eigenvalue weighted by atomic mass is 16.4. The lowest BCUT2D eigenvalue weighted by atomic mass is 10.00. The molecule has 3 unspecified atom stereocenters. The monoisotopic (exact) mass is 396 g/mol. The average molecular weight is 396 g/mol. The lowest BCUT2D eigenvalue weighted by molar-refractivity contribution is -0.137. The van der Waals surface area contributed by atoms with Crippen LogP contribution in [0.5, 0.6) is 0 Å². The Morgan fingerprint density at radius 2 is 1.72 bits per heavy atom. The second kappa shape index (κ2) is 9.56. The van der Waals surface area contributed by atoms with Crippen LogP contribution < -0.4 is 10.6 Å². The minimum Gasteiger partial charge on any atom is -0.481 e. The van der Waals surface area contributed by atoms with Gasteiger partial charge in [0.25, 0.3) is 0 Å². The smallest absolute Gasteiger partial charge is 0.315 e. The van der Waals surface area contributed by atoms with E-state index in [9.17, 15) is 14.7 Å². The van der Waals surface area contributed by atoms with Crippen LogP contribution in [0.3, 0.4) is 0 Å². The van der Waals surface area contributed by atoms with Crippen molar-refractivity contribution in [3.63, 3.8) is 0 Å². The summed E-state index contributed by atoms with van der Waals surface area (Å²) in [5.74, 6) is -0.644. The Balaban J connectivity index is 1.54. The second-order valence-electron chi connectivity index (χ2n) is 7.83. The third kappa shape index (κ3) is 5.81. The van der Waals surface area contributed by atoms with Crippen LogP contribution in [-0.2, 0) is 11.2 Å². The third-order valence-corrected chi connectivity index (χ3v) is 5.67. The van der Waals surface area contributed by atoms with Gasteiger partial charge in [-0.25, -0.2) is 4.79 Å². The van der Waals surface area contributed by atoms with E-state index in [-0.39, 0.29) is 36.4 Å². The molecule has 1 aliphatic carbocycles. The van der Waals surface area contributed by atoms with Crippen LogP contribution in [0.4, 0.5) is 4.79 Å². The van der Waals surface area contributed by atoms with Gasteiger partial charge >= 0.3 is 12.0 Å². The molecule has 0 bridgehead atoms. The number of amides is 2. The maximum absolute atomic E-state index is 12.5. The minimum atomic E-state index is -0.881. The van der Waals surface area contributed by atoms with Crippen LogP contribution in [0, 0.1) is 5.41 Å². The summed E-state index contributed by atoms with van der Waals surface area (Å²) in [7, 11) is 0. The summed E-state index contributed by atoms with van der Waals surface area (Å²) in [5, 5.41) is 24.7. The number of benzene rings is 2. The number of carbonyl (C=O) groups excluding carboxylic acids is 1. The van der Waals surface area contributed by atoms with E-state index in [0.29, 0.717) is 19.4 Å². The van der Waals surface area contributed by atoms with E-state index in [1.807, 2.05) is 60.7 Å². The number of aliphatic carboxylic acids is 1. The van der Waals surface area contributed by atoms with E-state index in [2.05, 4.69) is 10.6 Å². The van der Waals surface area contributed by atoms with Crippen LogP contribution in [0.15, 0.2) is 60.7 Å². The van der Waals surface area contributed by atoms with Gasteiger partial charge in [-0.15, -0.1) is 0 Å². The number of carbonyl (C=O) groups is 2. The number of aliphatic hydroxyl groups is 1. The van der Waals surface area contributed by atoms with Crippen molar-refractivity contribution in [3.05, 3.63) is 71.8 Å². The van der Waals surface area contributed by atoms with Gasteiger partial charge in [0.15, 0.2) is 0 Å². The summed E-state index contributed by atoms with van der Waals surface area (Å²) in [6.45, 7) is 0.394. The fourth-order valence-corrected chi connectivity index (χ4v) is 3.84. The molecule has 0 aliphatic heterocycles. The third-order valence-electron chi connectivity index (χ3n) is 5.67. The maximum Gasteiger partial charge on any atom is 0.315 e. The van der Waals surface area contributed by atoms with Gasteiger partial charge in [0.1, 0.15) is 0 Å². The van der Waals surface area contributed by atoms with Gasteiger partial charge in [0, 0.05) is 24.4 Å². The van der Waals surface area contributed by atoms with Crippen molar-refractivity contribution >= 4 is 12.0 Å². The summed E-state index contributed by atoms with van der Waals surface area (Å²) in [5.41, 5.74) is 1.89. The number of aliphatic hydroxyl groups excluding tert-OH is 1. The summed E-state index contributed by atoms with van der Waals surface area (Å²) < 4.78 is 0. The van der Waals surface area contributed by atoms with Crippen molar-refractivity contribution < 1.29 is 19.8 Å². The summed E-state index contributed by atoms with van der Waals surface area (Å²) >= 11 is 0. The number of carboxylic acids is 1. The van der Waals surface area contributed by atoms with Gasteiger partial charge in [-0.1, -0.05) is 60.7 Å². The molecule has 0 saturated heterocycles. The first-order valence-electron chi connectivity index (χ1n) is 9.98. The summed E-state index contributed by atoms with van der Waals surface area (Å²) in [6, 6.07) is 19.1. The van der Waals surface area contributed by atoms with Crippen LogP contribution in [0.1, 0.15) is 36.3 Å². The van der Waals surface area contributed by atoms with E-state index < -0.39 is 5.97 Å². The number of rotatable bonds is 10. The molecule has 0 radical (unpaired) electrons. The molecule has 2 aromatic rings. The van der Waals surface area contributed by atoms with Gasteiger partial charge in [-0.2, -0.15) is 0 Å². The first-order chi connectivity index (χ1) is 14.0. The van der Waals surface area contributed by atoms with Gasteiger partial charge in [-0.05, 0) is 36.3 Å². The quantitative estimate of drug-likeness (QED) is 0.496. The van der Waals surface area contributed by atoms with Gasteiger partial charge in [0.05, 0.1) is 6.61 Å². The van der Waals surface area contributed by atoms with Crippen molar-refractivity contribution in [1.29, 1.82) is 0 Å². The standard InChI is InChI=1S/C23H28N2O4/c26-16-23(14-20(23)18-9-5-2-6-10-18)15-24-22(29)25-19(11-12-21(27)28)13-17-7-3-1-4-8-17/h1-10,19-20,26H,11-16H2,(H,27,28)(H2,24,25,29). The molecule has 1 saturated carbocycles. The van der Waals surface area contributed by atoms with Crippen molar-refractivity contribution in [3.8, 4) is 0 Å². The molecule has 29 heavy (non-hydrogen) atoms. The van der Waals surface area contributed by atoms with Crippen LogP contribution in [-0.4, -0.2) is 41.4 Å². The Labute approximate surface area is 171 Å². The van der Waals surface area contributed by atoms with Gasteiger partial charge < -0.3 is 20.8 Å². The first-order valence-corrected chi connectivity index (χ1v) is 9.98. The molecule has 0 heterocycles. The van der Waals surface area contributed by atoms with E-state index in [1.54, 1.807) is 0 Å². The average Bonchev–Trinajstić information content (AvgIpc) is 3.47. The topological polar surface area (TPSA) is 98.7 Å². The molecular weight excluding hydrogens is 368 g/mol. The van der Waals surface area contributed by atoms with Crippen molar-refractivity contribution in [1.82, 2.24) is 10.6 Å². The number of nitrogens with one attached hydrogen (secondary N) is 2. The predicted octanol–water partition coefficient (Wildman–Crippen LogP) is 2.93. The van der Waals surface area contributed by atoms with Gasteiger partial charge in [-0.3, -0.25) is 4.79 Å². The van der Waals surface area contributed by atoms with E-state index in [4.69, 9.17) is 5.11 Å². The lowest BCUT2D eigenvalue weighted by Crippen LogP contribution is -2.45. The molecule has 154 valence electrons. The van der Waals surface area contributed by atoms with Gasteiger partial charge in [0.2, 0.25) is 0 Å². The molecular formula is C23H28N2O4. The molecule has 0 spiro atoms. The lowest BCUT2D eigenvalue weighted by Gasteiger charge is -2.21. The predicted molar refractivity (Wildman–Crippen MR) is 111 cm³/mol. The molecule has 2 aromatic carbocycles. The number of hydrogen-bond acceptors (Lipinski definition) is 3. The number of hydrogen-bond donors (Lipinski definition) is 4. The Morgan fingerprint density at radius 3 is 2.34 bits per heavy atom. The molecule has 1 aliphatic rings. The highest BCUT2D eigenvalue weighted by Crippen LogP contribution is 2.58. The Bertz CT molecular complexity index is 812. The highest BCUT2D eigenvalue weighted by molar-refractivity contribution is 5.74. The second-order valence-corrected chi connectivity index (χ2v) is 7.83. The molecule has 6 heteroatoms. The molecule has 3 atom stereocenters. The molecule has 1 fully saturated rings. The van der Waals surface area contributed by atoms with Crippen LogP contribution in [0.25, 0.3) is 0 Å². The zero-order chi connectivity index (χ0) is 20.7. The van der Waals surface area contributed by atoms with Crippen LogP contribution in [0.2, 0.25) is 0 Å².